The van der Waals surface area contributed by atoms with Crippen LogP contribution in [0.25, 0.3) is 11.0 Å². The lowest BCUT2D eigenvalue weighted by atomic mass is 10.4. The van der Waals surface area contributed by atoms with Crippen LogP contribution in [0.15, 0.2) is 22.2 Å². The van der Waals surface area contributed by atoms with E-state index in [2.05, 4.69) is 27.3 Å². The topological polar surface area (TPSA) is 59.9 Å². The normalized spacial score (nSPS) is 12.2. The SMILES string of the molecule is O=c1nc(S)n(CCOCC(F)(F)F)c2cc[nH]c12. The van der Waals surface area contributed by atoms with E-state index in [1.807, 2.05) is 0 Å². The van der Waals surface area contributed by atoms with Crippen LogP contribution in [0.4, 0.5) is 13.2 Å². The molecule has 0 aliphatic carbocycles. The minimum Gasteiger partial charge on any atom is -0.370 e. The molecule has 0 radical (unpaired) electrons. The third-order valence-electron chi connectivity index (χ3n) is 2.40. The molecule has 0 saturated heterocycles. The van der Waals surface area contributed by atoms with Gasteiger partial charge in [0.05, 0.1) is 12.1 Å². The highest BCUT2D eigenvalue weighted by molar-refractivity contribution is 7.80. The molecule has 104 valence electrons. The Morgan fingerprint density at radius 1 is 1.47 bits per heavy atom. The lowest BCUT2D eigenvalue weighted by Gasteiger charge is -2.12. The molecular formula is C10H10F3N3O2S. The lowest BCUT2D eigenvalue weighted by Crippen LogP contribution is -2.21. The first-order valence-corrected chi connectivity index (χ1v) is 5.74. The van der Waals surface area contributed by atoms with Crippen molar-refractivity contribution in [3.8, 4) is 0 Å². The summed E-state index contributed by atoms with van der Waals surface area (Å²) in [6.45, 7) is -1.34. The van der Waals surface area contributed by atoms with Gasteiger partial charge in [-0.05, 0) is 6.07 Å². The van der Waals surface area contributed by atoms with Crippen molar-refractivity contribution in [2.45, 2.75) is 17.9 Å². The van der Waals surface area contributed by atoms with Crippen molar-refractivity contribution in [2.75, 3.05) is 13.2 Å². The molecule has 5 nitrogen and oxygen atoms in total. The Hall–Kier alpha value is -1.48. The lowest BCUT2D eigenvalue weighted by molar-refractivity contribution is -0.174. The van der Waals surface area contributed by atoms with Crippen LogP contribution in [0.2, 0.25) is 0 Å². The molecule has 0 aliphatic rings. The summed E-state index contributed by atoms with van der Waals surface area (Å²) in [5, 5.41) is 0.132. The molecule has 0 spiro atoms. The maximum Gasteiger partial charge on any atom is 0.411 e. The summed E-state index contributed by atoms with van der Waals surface area (Å²) in [6, 6.07) is 1.63. The Kier molecular flexibility index (Phi) is 3.85. The second kappa shape index (κ2) is 5.25. The average molecular weight is 293 g/mol. The highest BCUT2D eigenvalue weighted by Crippen LogP contribution is 2.15. The smallest absolute Gasteiger partial charge is 0.370 e. The van der Waals surface area contributed by atoms with Crippen LogP contribution < -0.4 is 5.56 Å². The first-order chi connectivity index (χ1) is 8.88. The van der Waals surface area contributed by atoms with E-state index in [0.29, 0.717) is 5.52 Å². The van der Waals surface area contributed by atoms with E-state index in [1.54, 1.807) is 12.3 Å². The first-order valence-electron chi connectivity index (χ1n) is 5.30. The molecule has 0 aliphatic heterocycles. The van der Waals surface area contributed by atoms with Crippen molar-refractivity contribution in [1.29, 1.82) is 0 Å². The fourth-order valence-electron chi connectivity index (χ4n) is 1.64. The predicted molar refractivity (Wildman–Crippen MR) is 64.5 cm³/mol. The van der Waals surface area contributed by atoms with Gasteiger partial charge in [-0.15, -0.1) is 12.6 Å². The Morgan fingerprint density at radius 2 is 2.21 bits per heavy atom. The maximum absolute atomic E-state index is 11.9. The van der Waals surface area contributed by atoms with Gasteiger partial charge in [-0.2, -0.15) is 18.2 Å². The molecule has 0 unspecified atom stereocenters. The Bertz CT molecular complexity index is 635. The van der Waals surface area contributed by atoms with Crippen molar-refractivity contribution in [1.82, 2.24) is 14.5 Å². The zero-order chi connectivity index (χ0) is 14.0. The van der Waals surface area contributed by atoms with E-state index in [1.165, 1.54) is 4.57 Å². The van der Waals surface area contributed by atoms with Crippen LogP contribution in [0.5, 0.6) is 0 Å². The van der Waals surface area contributed by atoms with E-state index < -0.39 is 18.3 Å². The number of ether oxygens (including phenoxy) is 1. The van der Waals surface area contributed by atoms with Gasteiger partial charge in [0.25, 0.3) is 5.56 Å². The number of halogens is 3. The summed E-state index contributed by atoms with van der Waals surface area (Å²) in [6.07, 6.45) is -2.80. The van der Waals surface area contributed by atoms with Crippen molar-refractivity contribution >= 4 is 23.7 Å². The van der Waals surface area contributed by atoms with Gasteiger partial charge in [0.2, 0.25) is 0 Å². The standard InChI is InChI=1S/C10H10F3N3O2S/c11-10(12,13)5-18-4-3-16-6-1-2-14-7(6)8(17)15-9(16)19/h1-2,14H,3-5H2,(H,15,17,19). The number of nitrogens with zero attached hydrogens (tertiary/aromatic N) is 2. The number of nitrogens with one attached hydrogen (secondary N) is 1. The van der Waals surface area contributed by atoms with Gasteiger partial charge in [0.1, 0.15) is 12.1 Å². The minimum absolute atomic E-state index is 0.122. The van der Waals surface area contributed by atoms with Crippen LogP contribution in [-0.4, -0.2) is 33.9 Å². The fraction of sp³-hybridized carbons (Fsp3) is 0.400. The first kappa shape index (κ1) is 13.9. The van der Waals surface area contributed by atoms with Gasteiger partial charge in [0, 0.05) is 12.7 Å². The molecule has 9 heteroatoms. The molecule has 2 aromatic heterocycles. The quantitative estimate of drug-likeness (QED) is 0.511. The molecule has 2 rings (SSSR count). The molecular weight excluding hydrogens is 283 g/mol. The van der Waals surface area contributed by atoms with E-state index >= 15 is 0 Å². The largest absolute Gasteiger partial charge is 0.411 e. The number of aromatic nitrogens is 3. The number of alkyl halides is 3. The molecule has 0 bridgehead atoms. The molecule has 0 fully saturated rings. The highest BCUT2D eigenvalue weighted by Gasteiger charge is 2.27. The van der Waals surface area contributed by atoms with Crippen molar-refractivity contribution in [3.05, 3.63) is 22.6 Å². The van der Waals surface area contributed by atoms with Crippen LogP contribution in [0, 0.1) is 0 Å². The third kappa shape index (κ3) is 3.29. The number of hydrogen-bond donors (Lipinski definition) is 2. The van der Waals surface area contributed by atoms with Crippen LogP contribution in [0.1, 0.15) is 0 Å². The molecule has 2 heterocycles. The summed E-state index contributed by atoms with van der Waals surface area (Å²) in [5.41, 5.74) is 0.353. The summed E-state index contributed by atoms with van der Waals surface area (Å²) < 4.78 is 41.8. The van der Waals surface area contributed by atoms with Crippen molar-refractivity contribution in [2.24, 2.45) is 0 Å². The number of hydrogen-bond acceptors (Lipinski definition) is 4. The number of H-pyrrole nitrogens is 1. The van der Waals surface area contributed by atoms with Crippen LogP contribution in [-0.2, 0) is 11.3 Å². The summed E-state index contributed by atoms with van der Waals surface area (Å²) in [7, 11) is 0. The van der Waals surface area contributed by atoms with Crippen LogP contribution >= 0.6 is 12.6 Å². The predicted octanol–water partition coefficient (Wildman–Crippen LogP) is 1.59. The summed E-state index contributed by atoms with van der Waals surface area (Å²) in [5.74, 6) is 0. The molecule has 19 heavy (non-hydrogen) atoms. The fourth-order valence-corrected chi connectivity index (χ4v) is 1.93. The molecule has 0 atom stereocenters. The summed E-state index contributed by atoms with van der Waals surface area (Å²) >= 11 is 4.04. The Labute approximate surface area is 110 Å². The van der Waals surface area contributed by atoms with E-state index in [9.17, 15) is 18.0 Å². The molecule has 0 saturated carbocycles. The Morgan fingerprint density at radius 3 is 2.89 bits per heavy atom. The summed E-state index contributed by atoms with van der Waals surface area (Å²) in [4.78, 5) is 17.9. The molecule has 0 aromatic carbocycles. The van der Waals surface area contributed by atoms with Gasteiger partial charge in [-0.25, -0.2) is 0 Å². The van der Waals surface area contributed by atoms with Crippen molar-refractivity contribution < 1.29 is 17.9 Å². The zero-order valence-corrected chi connectivity index (χ0v) is 10.5. The second-order valence-electron chi connectivity index (χ2n) is 3.77. The molecule has 0 amide bonds. The van der Waals surface area contributed by atoms with Gasteiger partial charge in [0.15, 0.2) is 5.16 Å². The average Bonchev–Trinajstić information content (AvgIpc) is 2.75. The number of thiol groups is 1. The van der Waals surface area contributed by atoms with E-state index in [4.69, 9.17) is 0 Å². The third-order valence-corrected chi connectivity index (χ3v) is 2.74. The zero-order valence-electron chi connectivity index (χ0n) is 9.57. The molecule has 2 aromatic rings. The van der Waals surface area contributed by atoms with Crippen LogP contribution in [0.3, 0.4) is 0 Å². The maximum atomic E-state index is 11.9. The highest BCUT2D eigenvalue weighted by atomic mass is 32.1. The van der Waals surface area contributed by atoms with Crippen molar-refractivity contribution in [3.63, 3.8) is 0 Å². The van der Waals surface area contributed by atoms with Gasteiger partial charge >= 0.3 is 6.18 Å². The minimum atomic E-state index is -4.35. The van der Waals surface area contributed by atoms with E-state index in [0.717, 1.165) is 0 Å². The van der Waals surface area contributed by atoms with Gasteiger partial charge < -0.3 is 14.3 Å². The Balaban J connectivity index is 2.13. The van der Waals surface area contributed by atoms with Gasteiger partial charge in [-0.1, -0.05) is 0 Å². The number of rotatable bonds is 4. The van der Waals surface area contributed by atoms with E-state index in [-0.39, 0.29) is 23.8 Å². The second-order valence-corrected chi connectivity index (χ2v) is 4.17. The number of fused-ring (bicyclic) bond motifs is 1. The monoisotopic (exact) mass is 293 g/mol. The molecule has 1 N–H and O–H groups in total. The number of aromatic amines is 1. The van der Waals surface area contributed by atoms with Gasteiger partial charge in [-0.3, -0.25) is 4.79 Å².